The van der Waals surface area contributed by atoms with Crippen LogP contribution in [0.1, 0.15) is 17.4 Å². The number of carbonyl (C=O) groups is 2. The van der Waals surface area contributed by atoms with Crippen molar-refractivity contribution in [2.24, 2.45) is 0 Å². The van der Waals surface area contributed by atoms with Crippen LogP contribution >= 0.6 is 11.8 Å². The molecule has 6 rings (SSSR count). The first kappa shape index (κ1) is 30.4. The minimum Gasteiger partial charge on any atom is -0.493 e. The summed E-state index contributed by atoms with van der Waals surface area (Å²) in [5.74, 6) is 2.50. The number of benzene rings is 2. The maximum atomic E-state index is 12.8. The van der Waals surface area contributed by atoms with E-state index in [0.717, 1.165) is 50.2 Å². The van der Waals surface area contributed by atoms with Crippen molar-refractivity contribution < 1.29 is 28.5 Å². The third-order valence-electron chi connectivity index (χ3n) is 7.39. The smallest absolute Gasteiger partial charge is 0.338 e. The van der Waals surface area contributed by atoms with Gasteiger partial charge < -0.3 is 24.3 Å². The third-order valence-corrected chi connectivity index (χ3v) is 8.60. The number of thioether (sulfide) groups is 1. The number of hydrogen-bond donors (Lipinski definition) is 2. The molecule has 13 heteroatoms. The second kappa shape index (κ2) is 14.5. The molecule has 4 aromatic rings. The Bertz CT molecular complexity index is 1620. The Balaban J connectivity index is 1.07. The number of anilines is 1. The molecule has 45 heavy (non-hydrogen) atoms. The first-order chi connectivity index (χ1) is 22.1. The largest absolute Gasteiger partial charge is 0.493 e. The number of nitrogens with one attached hydrogen (secondary N) is 2. The van der Waals surface area contributed by atoms with E-state index >= 15 is 0 Å². The van der Waals surface area contributed by atoms with E-state index in [2.05, 4.69) is 25.6 Å². The van der Waals surface area contributed by atoms with E-state index in [0.29, 0.717) is 40.8 Å². The highest BCUT2D eigenvalue weighted by Crippen LogP contribution is 2.38. The van der Waals surface area contributed by atoms with E-state index in [1.165, 1.54) is 16.8 Å². The van der Waals surface area contributed by atoms with Gasteiger partial charge in [-0.2, -0.15) is 0 Å². The van der Waals surface area contributed by atoms with E-state index in [9.17, 15) is 9.59 Å². The monoisotopic (exact) mass is 630 g/mol. The predicted molar refractivity (Wildman–Crippen MR) is 171 cm³/mol. The summed E-state index contributed by atoms with van der Waals surface area (Å²) in [5, 5.41) is 4.57. The molecule has 12 nitrogen and oxygen atoms in total. The van der Waals surface area contributed by atoms with Gasteiger partial charge in [0.15, 0.2) is 11.5 Å². The van der Waals surface area contributed by atoms with Crippen molar-refractivity contribution in [2.45, 2.75) is 11.8 Å². The first-order valence-electron chi connectivity index (χ1n) is 14.7. The number of fused-ring (bicyclic) bond motifs is 1. The van der Waals surface area contributed by atoms with E-state index in [-0.39, 0.29) is 17.0 Å². The van der Waals surface area contributed by atoms with E-state index in [1.807, 2.05) is 24.3 Å². The molecule has 2 aromatic carbocycles. The highest BCUT2D eigenvalue weighted by molar-refractivity contribution is 8.00. The fourth-order valence-corrected chi connectivity index (χ4v) is 6.21. The number of aromatic nitrogens is 2. The zero-order chi connectivity index (χ0) is 31.0. The molecule has 2 fully saturated rings. The second-order valence-electron chi connectivity index (χ2n) is 10.4. The molecule has 1 atom stereocenters. The number of hydrogen-bond acceptors (Lipinski definition) is 10. The van der Waals surface area contributed by atoms with Gasteiger partial charge >= 0.3 is 6.03 Å². The molecule has 0 bridgehead atoms. The number of amides is 3. The van der Waals surface area contributed by atoms with Crippen molar-refractivity contribution in [3.8, 4) is 23.0 Å². The van der Waals surface area contributed by atoms with Gasteiger partial charge in [-0.05, 0) is 60.5 Å². The highest BCUT2D eigenvalue weighted by atomic mass is 32.2. The fourth-order valence-electron chi connectivity index (χ4n) is 5.11. The molecule has 2 saturated heterocycles. The summed E-state index contributed by atoms with van der Waals surface area (Å²) in [5.41, 5.74) is 4.81. The molecular weight excluding hydrogens is 596 g/mol. The van der Waals surface area contributed by atoms with Crippen LogP contribution < -0.4 is 25.0 Å². The van der Waals surface area contributed by atoms with Gasteiger partial charge in [-0.3, -0.25) is 19.7 Å². The summed E-state index contributed by atoms with van der Waals surface area (Å²) in [6.07, 6.45) is 5.90. The third kappa shape index (κ3) is 7.56. The fraction of sp³-hybridized carbons (Fsp3) is 0.312. The summed E-state index contributed by atoms with van der Waals surface area (Å²) >= 11 is 1.44. The van der Waals surface area contributed by atoms with Crippen molar-refractivity contribution in [1.82, 2.24) is 25.3 Å². The molecular formula is C32H34N6O6S. The van der Waals surface area contributed by atoms with Gasteiger partial charge in [0.05, 0.1) is 38.2 Å². The van der Waals surface area contributed by atoms with Crippen LogP contribution in [0.5, 0.6) is 23.0 Å². The molecule has 0 aliphatic carbocycles. The Morgan fingerprint density at radius 1 is 1.02 bits per heavy atom. The normalized spacial score (nSPS) is 16.9. The summed E-state index contributed by atoms with van der Waals surface area (Å²) in [4.78, 5) is 36.1. The topological polar surface area (TPSA) is 127 Å². The van der Waals surface area contributed by atoms with Crippen LogP contribution in [-0.2, 0) is 9.53 Å². The Labute approximate surface area is 265 Å². The number of pyridine rings is 2. The molecule has 0 spiro atoms. The lowest BCUT2D eigenvalue weighted by Crippen LogP contribution is -2.46. The summed E-state index contributed by atoms with van der Waals surface area (Å²) in [7, 11) is 1.61. The van der Waals surface area contributed by atoms with Crippen molar-refractivity contribution in [3.05, 3.63) is 78.8 Å². The van der Waals surface area contributed by atoms with Crippen molar-refractivity contribution in [1.29, 1.82) is 0 Å². The van der Waals surface area contributed by atoms with Gasteiger partial charge in [0.25, 0.3) is 5.91 Å². The minimum atomic E-state index is -0.523. The second-order valence-corrected chi connectivity index (χ2v) is 11.5. The number of hydrazine groups is 1. The number of ether oxygens (including phenoxy) is 4. The van der Waals surface area contributed by atoms with Crippen LogP contribution in [0.2, 0.25) is 0 Å². The average molecular weight is 631 g/mol. The number of methoxy groups -OCH3 is 1. The summed E-state index contributed by atoms with van der Waals surface area (Å²) in [6, 6.07) is 15.6. The maximum Gasteiger partial charge on any atom is 0.338 e. The van der Waals surface area contributed by atoms with Crippen LogP contribution in [0.4, 0.5) is 10.5 Å². The van der Waals surface area contributed by atoms with Gasteiger partial charge in [0.1, 0.15) is 16.9 Å². The van der Waals surface area contributed by atoms with Crippen LogP contribution in [-0.4, -0.2) is 84.1 Å². The number of nitrogens with zero attached hydrogens (tertiary/aromatic N) is 4. The number of rotatable bonds is 11. The van der Waals surface area contributed by atoms with Gasteiger partial charge in [-0.15, -0.1) is 11.8 Å². The zero-order valence-corrected chi connectivity index (χ0v) is 25.6. The van der Waals surface area contributed by atoms with Gasteiger partial charge in [-0.1, -0.05) is 0 Å². The molecule has 2 aliphatic rings. The molecule has 1 unspecified atom stereocenters. The molecule has 3 amide bonds. The van der Waals surface area contributed by atoms with Crippen LogP contribution in [0.15, 0.2) is 73.2 Å². The standard InChI is InChI=1S/C32H34N6O6S/c1-41-28-19-25-26(20-29(28)43-16-2-13-37-14-17-42-18-15-37)34-12-9-27(25)44-24-5-3-23(4-6-24)35-32(40)36-38-30(39)21-45-31(38)22-7-10-33-11-8-22/h3-12,19-20,31H,2,13-18,21H2,1H3,(H2,35,36,40). The minimum absolute atomic E-state index is 0.177. The lowest BCUT2D eigenvalue weighted by Gasteiger charge is -2.26. The molecule has 2 N–H and O–H groups in total. The van der Waals surface area contributed by atoms with Crippen molar-refractivity contribution >= 4 is 40.3 Å². The van der Waals surface area contributed by atoms with Crippen LogP contribution in [0.3, 0.4) is 0 Å². The van der Waals surface area contributed by atoms with E-state index < -0.39 is 6.03 Å². The Morgan fingerprint density at radius 2 is 1.82 bits per heavy atom. The predicted octanol–water partition coefficient (Wildman–Crippen LogP) is 4.84. The van der Waals surface area contributed by atoms with Crippen LogP contribution in [0, 0.1) is 0 Å². The van der Waals surface area contributed by atoms with Crippen molar-refractivity contribution in [3.63, 3.8) is 0 Å². The van der Waals surface area contributed by atoms with Gasteiger partial charge in [-0.25, -0.2) is 15.2 Å². The zero-order valence-electron chi connectivity index (χ0n) is 24.8. The lowest BCUT2D eigenvalue weighted by atomic mass is 10.1. The summed E-state index contributed by atoms with van der Waals surface area (Å²) in [6.45, 7) is 4.99. The maximum absolute atomic E-state index is 12.8. The summed E-state index contributed by atoms with van der Waals surface area (Å²) < 4.78 is 23.3. The lowest BCUT2D eigenvalue weighted by molar-refractivity contribution is -0.130. The van der Waals surface area contributed by atoms with E-state index in [1.54, 1.807) is 56.0 Å². The van der Waals surface area contributed by atoms with E-state index in [4.69, 9.17) is 18.9 Å². The van der Waals surface area contributed by atoms with Gasteiger partial charge in [0, 0.05) is 55.4 Å². The molecule has 4 heterocycles. The number of urea groups is 1. The highest BCUT2D eigenvalue weighted by Gasteiger charge is 2.34. The number of morpholine rings is 1. The Hall–Kier alpha value is -4.59. The Kier molecular flexibility index (Phi) is 9.78. The first-order valence-corrected chi connectivity index (χ1v) is 15.7. The molecule has 0 saturated carbocycles. The van der Waals surface area contributed by atoms with Crippen molar-refractivity contribution in [2.75, 3.05) is 57.6 Å². The molecule has 2 aliphatic heterocycles. The van der Waals surface area contributed by atoms with Crippen LogP contribution in [0.25, 0.3) is 10.9 Å². The molecule has 0 radical (unpaired) electrons. The van der Waals surface area contributed by atoms with Gasteiger partial charge in [0.2, 0.25) is 0 Å². The molecule has 2 aromatic heterocycles. The quantitative estimate of drug-likeness (QED) is 0.222. The number of carbonyl (C=O) groups excluding carboxylic acids is 2. The SMILES string of the molecule is COc1cc2c(Oc3ccc(NC(=O)NN4C(=O)CSC4c4ccncc4)cc3)ccnc2cc1OCCCN1CCOCC1. The Morgan fingerprint density at radius 3 is 2.60 bits per heavy atom. The molecule has 234 valence electrons. The average Bonchev–Trinajstić information content (AvgIpc) is 3.43.